The van der Waals surface area contributed by atoms with Crippen molar-refractivity contribution in [3.63, 3.8) is 0 Å². The van der Waals surface area contributed by atoms with Crippen LogP contribution in [0.2, 0.25) is 0 Å². The van der Waals surface area contributed by atoms with Gasteiger partial charge in [0.05, 0.1) is 6.61 Å². The molecule has 0 radical (unpaired) electrons. The molecule has 0 fully saturated rings. The second-order valence-electron chi connectivity index (χ2n) is 4.53. The smallest absolute Gasteiger partial charge is 0.131 e. The van der Waals surface area contributed by atoms with Gasteiger partial charge in [0.15, 0.2) is 0 Å². The largest absolute Gasteiger partial charge is 0.494 e. The minimum absolute atomic E-state index is 0.655. The van der Waals surface area contributed by atoms with E-state index >= 15 is 0 Å². The molecule has 0 atom stereocenters. The number of hydrogen-bond donors (Lipinski definition) is 1. The van der Waals surface area contributed by atoms with Gasteiger partial charge in [0.2, 0.25) is 0 Å². The monoisotopic (exact) mass is 259 g/mol. The highest BCUT2D eigenvalue weighted by molar-refractivity contribution is 5.72. The minimum atomic E-state index is 0.655. The maximum absolute atomic E-state index is 6.15. The van der Waals surface area contributed by atoms with Gasteiger partial charge in [0.25, 0.3) is 0 Å². The molecule has 0 saturated carbocycles. The Labute approximate surface area is 114 Å². The van der Waals surface area contributed by atoms with Crippen LogP contribution in [-0.2, 0) is 13.5 Å². The summed E-state index contributed by atoms with van der Waals surface area (Å²) in [4.78, 5) is 4.65. The van der Waals surface area contributed by atoms with Crippen molar-refractivity contribution in [3.05, 3.63) is 30.1 Å². The number of aromatic nitrogens is 2. The number of ether oxygens (including phenoxy) is 1. The van der Waals surface area contributed by atoms with Gasteiger partial charge in [-0.05, 0) is 25.5 Å². The fourth-order valence-electron chi connectivity index (χ4n) is 2.12. The van der Waals surface area contributed by atoms with Gasteiger partial charge in [-0.1, -0.05) is 19.1 Å². The lowest BCUT2D eigenvalue weighted by Gasteiger charge is -2.05. The highest BCUT2D eigenvalue weighted by Gasteiger charge is 2.13. The Morgan fingerprint density at radius 1 is 1.32 bits per heavy atom. The van der Waals surface area contributed by atoms with Gasteiger partial charge in [-0.2, -0.15) is 0 Å². The van der Waals surface area contributed by atoms with E-state index in [0.29, 0.717) is 12.4 Å². The van der Waals surface area contributed by atoms with Gasteiger partial charge in [0, 0.05) is 19.0 Å². The van der Waals surface area contributed by atoms with Crippen LogP contribution in [0.1, 0.15) is 26.1 Å². The normalized spacial score (nSPS) is 10.7. The predicted molar refractivity (Wildman–Crippen MR) is 78.2 cm³/mol. The zero-order valence-corrected chi connectivity index (χ0v) is 11.8. The number of nitrogens with two attached hydrogens (primary N) is 1. The molecule has 0 aliphatic heterocycles. The molecule has 0 amide bonds. The Morgan fingerprint density at radius 3 is 2.79 bits per heavy atom. The first-order valence-corrected chi connectivity index (χ1v) is 6.71. The molecule has 0 aliphatic carbocycles. The van der Waals surface area contributed by atoms with E-state index in [4.69, 9.17) is 10.5 Å². The van der Waals surface area contributed by atoms with E-state index in [2.05, 4.69) is 11.9 Å². The van der Waals surface area contributed by atoms with Crippen LogP contribution in [0.3, 0.4) is 0 Å². The molecule has 1 aromatic heterocycles. The highest BCUT2D eigenvalue weighted by atomic mass is 16.5. The molecule has 0 aliphatic rings. The van der Waals surface area contributed by atoms with Crippen molar-refractivity contribution in [2.75, 3.05) is 12.3 Å². The van der Waals surface area contributed by atoms with Crippen LogP contribution >= 0.6 is 0 Å². The van der Waals surface area contributed by atoms with E-state index in [1.165, 1.54) is 0 Å². The van der Waals surface area contributed by atoms with E-state index in [-0.39, 0.29) is 0 Å². The van der Waals surface area contributed by atoms with E-state index in [9.17, 15) is 0 Å². The van der Waals surface area contributed by atoms with Gasteiger partial charge in [-0.25, -0.2) is 4.98 Å². The predicted octanol–water partition coefficient (Wildman–Crippen LogP) is 3.02. The average molecular weight is 259 g/mol. The van der Waals surface area contributed by atoms with Crippen LogP contribution in [0.25, 0.3) is 11.3 Å². The summed E-state index contributed by atoms with van der Waals surface area (Å²) in [5, 5.41) is 0. The highest BCUT2D eigenvalue weighted by Crippen LogP contribution is 2.28. The molecule has 2 aromatic rings. The number of anilines is 1. The van der Waals surface area contributed by atoms with Crippen LogP contribution in [0.15, 0.2) is 24.3 Å². The standard InChI is InChI=1S/C15H21N3O/c1-4-7-13-17-14(15(16)18(13)3)11-8-6-9-12(10-11)19-5-2/h6,8-10H,4-5,7,16H2,1-3H3. The Balaban J connectivity index is 2.41. The first-order chi connectivity index (χ1) is 9.17. The quantitative estimate of drug-likeness (QED) is 0.898. The maximum Gasteiger partial charge on any atom is 0.131 e. The maximum atomic E-state index is 6.15. The summed E-state index contributed by atoms with van der Waals surface area (Å²) in [6.07, 6.45) is 1.99. The third-order valence-corrected chi connectivity index (χ3v) is 3.12. The van der Waals surface area contributed by atoms with Gasteiger partial charge < -0.3 is 15.0 Å². The van der Waals surface area contributed by atoms with Gasteiger partial charge in [0.1, 0.15) is 23.1 Å². The van der Waals surface area contributed by atoms with Gasteiger partial charge in [-0.15, -0.1) is 0 Å². The summed E-state index contributed by atoms with van der Waals surface area (Å²) >= 11 is 0. The summed E-state index contributed by atoms with van der Waals surface area (Å²) in [6.45, 7) is 4.77. The van der Waals surface area contributed by atoms with E-state index in [0.717, 1.165) is 35.7 Å². The van der Waals surface area contributed by atoms with Crippen LogP contribution in [-0.4, -0.2) is 16.2 Å². The number of nitrogens with zero attached hydrogens (tertiary/aromatic N) is 2. The first-order valence-electron chi connectivity index (χ1n) is 6.71. The Bertz CT molecular complexity index is 561. The molecule has 1 aromatic carbocycles. The summed E-state index contributed by atoms with van der Waals surface area (Å²) in [5.41, 5.74) is 7.99. The molecule has 4 nitrogen and oxygen atoms in total. The molecular formula is C15H21N3O. The summed E-state index contributed by atoms with van der Waals surface area (Å²) in [5.74, 6) is 2.58. The topological polar surface area (TPSA) is 53.1 Å². The van der Waals surface area contributed by atoms with Crippen molar-refractivity contribution in [2.45, 2.75) is 26.7 Å². The third-order valence-electron chi connectivity index (χ3n) is 3.12. The van der Waals surface area contributed by atoms with E-state index < -0.39 is 0 Å². The molecule has 0 saturated heterocycles. The van der Waals surface area contributed by atoms with Crippen molar-refractivity contribution < 1.29 is 4.74 Å². The molecule has 2 rings (SSSR count). The number of imidazole rings is 1. The minimum Gasteiger partial charge on any atom is -0.494 e. The molecule has 0 bridgehead atoms. The SMILES string of the molecule is CCCc1nc(-c2cccc(OCC)c2)c(N)n1C. The molecule has 0 spiro atoms. The van der Waals surface area contributed by atoms with E-state index in [1.54, 1.807) is 0 Å². The Kier molecular flexibility index (Phi) is 4.10. The lowest BCUT2D eigenvalue weighted by Crippen LogP contribution is -2.01. The van der Waals surface area contributed by atoms with Crippen molar-refractivity contribution in [1.29, 1.82) is 0 Å². The zero-order valence-electron chi connectivity index (χ0n) is 11.8. The van der Waals surface area contributed by atoms with Crippen molar-refractivity contribution in [1.82, 2.24) is 9.55 Å². The Morgan fingerprint density at radius 2 is 2.11 bits per heavy atom. The van der Waals surface area contributed by atoms with Crippen molar-refractivity contribution >= 4 is 5.82 Å². The molecule has 2 N–H and O–H groups in total. The molecule has 0 unspecified atom stereocenters. The molecule has 1 heterocycles. The van der Waals surface area contributed by atoms with Crippen LogP contribution in [0.5, 0.6) is 5.75 Å². The van der Waals surface area contributed by atoms with Gasteiger partial charge in [-0.3, -0.25) is 0 Å². The summed E-state index contributed by atoms with van der Waals surface area (Å²) < 4.78 is 7.48. The average Bonchev–Trinajstić information content (AvgIpc) is 2.69. The number of nitrogen functional groups attached to an aromatic ring is 1. The summed E-state index contributed by atoms with van der Waals surface area (Å²) in [7, 11) is 1.96. The second kappa shape index (κ2) is 5.78. The third kappa shape index (κ3) is 2.72. The van der Waals surface area contributed by atoms with Crippen molar-refractivity contribution in [2.24, 2.45) is 7.05 Å². The number of benzene rings is 1. The number of aryl methyl sites for hydroxylation is 1. The van der Waals surface area contributed by atoms with Gasteiger partial charge >= 0.3 is 0 Å². The lowest BCUT2D eigenvalue weighted by atomic mass is 10.1. The summed E-state index contributed by atoms with van der Waals surface area (Å²) in [6, 6.07) is 7.90. The van der Waals surface area contributed by atoms with Crippen LogP contribution in [0.4, 0.5) is 5.82 Å². The second-order valence-corrected chi connectivity index (χ2v) is 4.53. The zero-order chi connectivity index (χ0) is 13.8. The Hall–Kier alpha value is -1.97. The molecule has 102 valence electrons. The fraction of sp³-hybridized carbons (Fsp3) is 0.400. The molecule has 4 heteroatoms. The number of rotatable bonds is 5. The van der Waals surface area contributed by atoms with Crippen LogP contribution < -0.4 is 10.5 Å². The molecule has 19 heavy (non-hydrogen) atoms. The van der Waals surface area contributed by atoms with E-state index in [1.807, 2.05) is 42.8 Å². The van der Waals surface area contributed by atoms with Crippen molar-refractivity contribution in [3.8, 4) is 17.0 Å². The molecular weight excluding hydrogens is 238 g/mol. The number of hydrogen-bond acceptors (Lipinski definition) is 3. The fourth-order valence-corrected chi connectivity index (χ4v) is 2.12. The lowest BCUT2D eigenvalue weighted by molar-refractivity contribution is 0.340. The first kappa shape index (κ1) is 13.5. The van der Waals surface area contributed by atoms with Crippen LogP contribution in [0, 0.1) is 0 Å².